The molecular formula is C15H11CrN4NaO9S. The molecule has 0 spiro atoms. The first kappa shape index (κ1) is 28.7. The van der Waals surface area contributed by atoms with Crippen LogP contribution in [0.5, 0.6) is 11.5 Å². The molecule has 31 heavy (non-hydrogen) atoms. The first-order valence-electron chi connectivity index (χ1n) is 7.32. The van der Waals surface area contributed by atoms with Gasteiger partial charge in [0.2, 0.25) is 5.75 Å². The number of nitrogens with one attached hydrogen (secondary N) is 1. The summed E-state index contributed by atoms with van der Waals surface area (Å²) in [4.78, 5) is 23.3. The van der Waals surface area contributed by atoms with Gasteiger partial charge >= 0.3 is 35.2 Å². The minimum Gasteiger partial charge on any atom is -0.744 e. The molecule has 3 rings (SSSR count). The molecule has 0 unspecified atom stereocenters. The van der Waals surface area contributed by atoms with Crippen LogP contribution in [0.4, 0.5) is 17.1 Å². The molecule has 0 bridgehead atoms. The van der Waals surface area contributed by atoms with Crippen molar-refractivity contribution in [2.45, 2.75) is 4.90 Å². The number of H-pyrrole nitrogens is 1. The normalized spacial score (nSPS) is 10.7. The van der Waals surface area contributed by atoms with E-state index in [0.717, 1.165) is 0 Å². The van der Waals surface area contributed by atoms with Crippen LogP contribution in [0.1, 0.15) is 0 Å². The van der Waals surface area contributed by atoms with Gasteiger partial charge in [0.25, 0.3) is 5.56 Å². The topological polar surface area (TPSA) is 230 Å². The standard InChI is InChI=1S/C15H10N4O8S.Cr.Na.H2O/c20-13-8-3-1-2-4-9(8)16-15(22)12(13)18-17-10-5-7(28(25,26)27)6-11(14(10)21)19(23)24;;;/h1-6,21H,(H2,16,20,22)(H,25,26,27);;;1H2/q;;+1;/p-1. The predicted molar refractivity (Wildman–Crippen MR) is 96.7 cm³/mol. The van der Waals surface area contributed by atoms with Crippen molar-refractivity contribution in [2.24, 2.45) is 10.2 Å². The Kier molecular flexibility index (Phi) is 9.98. The van der Waals surface area contributed by atoms with Gasteiger partial charge in [0, 0.05) is 28.8 Å². The SMILES string of the molecule is O.O=c1[nH]c2ccccc2c(O)c1N=Nc1cc(S(=O)(=O)[O-])cc([N+](=O)[O-])c1O.[Cr].[Na+]. The fraction of sp³-hybridized carbons (Fsp3) is 0. The van der Waals surface area contributed by atoms with Gasteiger partial charge in [-0.25, -0.2) is 8.42 Å². The Hall–Kier alpha value is -2.35. The molecule has 0 saturated heterocycles. The summed E-state index contributed by atoms with van der Waals surface area (Å²) in [5.74, 6) is -1.62. The van der Waals surface area contributed by atoms with Gasteiger partial charge in [-0.1, -0.05) is 12.1 Å². The van der Waals surface area contributed by atoms with E-state index >= 15 is 0 Å². The zero-order valence-electron chi connectivity index (χ0n) is 15.5. The summed E-state index contributed by atoms with van der Waals surface area (Å²) in [6.07, 6.45) is 0. The Balaban J connectivity index is 0.00000300. The van der Waals surface area contributed by atoms with E-state index < -0.39 is 54.1 Å². The molecule has 5 N–H and O–H groups in total. The van der Waals surface area contributed by atoms with Gasteiger partial charge in [-0.05, 0) is 18.2 Å². The van der Waals surface area contributed by atoms with Crippen LogP contribution >= 0.6 is 0 Å². The number of nitrogens with zero attached hydrogens (tertiary/aromatic N) is 3. The molecule has 16 heteroatoms. The number of phenolic OH excluding ortho intramolecular Hbond substituents is 1. The molecule has 0 fully saturated rings. The van der Waals surface area contributed by atoms with Gasteiger partial charge in [-0.3, -0.25) is 14.9 Å². The van der Waals surface area contributed by atoms with Crippen molar-refractivity contribution >= 4 is 38.1 Å². The fourth-order valence-corrected chi connectivity index (χ4v) is 2.86. The second-order valence-electron chi connectivity index (χ2n) is 5.42. The molecule has 0 saturated carbocycles. The Morgan fingerprint density at radius 1 is 1.06 bits per heavy atom. The number of nitro groups is 1. The summed E-state index contributed by atoms with van der Waals surface area (Å²) in [6, 6.07) is 7.13. The average molecular weight is 498 g/mol. The van der Waals surface area contributed by atoms with Crippen molar-refractivity contribution in [2.75, 3.05) is 0 Å². The van der Waals surface area contributed by atoms with Gasteiger partial charge in [0.05, 0.1) is 15.3 Å². The quantitative estimate of drug-likeness (QED) is 0.124. The number of aromatic hydroxyl groups is 2. The van der Waals surface area contributed by atoms with Crippen molar-refractivity contribution < 1.29 is 80.5 Å². The maximum absolute atomic E-state index is 12.1. The molecule has 158 valence electrons. The van der Waals surface area contributed by atoms with Crippen molar-refractivity contribution in [3.8, 4) is 11.5 Å². The van der Waals surface area contributed by atoms with Crippen molar-refractivity contribution in [1.82, 2.24) is 4.98 Å². The number of pyridine rings is 1. The number of nitro benzene ring substituents is 1. The van der Waals surface area contributed by atoms with Gasteiger partial charge in [-0.2, -0.15) is 0 Å². The Morgan fingerprint density at radius 3 is 2.26 bits per heavy atom. The van der Waals surface area contributed by atoms with Crippen LogP contribution in [-0.2, 0) is 27.5 Å². The Bertz CT molecular complexity index is 1330. The summed E-state index contributed by atoms with van der Waals surface area (Å²) in [7, 11) is -5.11. The minimum absolute atomic E-state index is 0. The molecule has 0 radical (unpaired) electrons. The summed E-state index contributed by atoms with van der Waals surface area (Å²) in [5, 5.41) is 38.2. The monoisotopic (exact) mass is 498 g/mol. The number of para-hydroxylation sites is 1. The van der Waals surface area contributed by atoms with Crippen molar-refractivity contribution in [3.05, 3.63) is 56.9 Å². The van der Waals surface area contributed by atoms with Crippen LogP contribution in [0, 0.1) is 10.1 Å². The second-order valence-corrected chi connectivity index (χ2v) is 6.80. The summed E-state index contributed by atoms with van der Waals surface area (Å²) in [6.45, 7) is 0. The Morgan fingerprint density at radius 2 is 1.68 bits per heavy atom. The number of rotatable bonds is 4. The van der Waals surface area contributed by atoms with E-state index in [1.807, 2.05) is 0 Å². The van der Waals surface area contributed by atoms with Crippen LogP contribution in [0.15, 0.2) is 56.3 Å². The van der Waals surface area contributed by atoms with Crippen LogP contribution in [0.25, 0.3) is 10.9 Å². The van der Waals surface area contributed by atoms with E-state index in [4.69, 9.17) is 0 Å². The third kappa shape index (κ3) is 5.88. The van der Waals surface area contributed by atoms with E-state index in [0.29, 0.717) is 17.6 Å². The van der Waals surface area contributed by atoms with Gasteiger partial charge in [0.15, 0.2) is 11.4 Å². The molecular weight excluding hydrogens is 487 g/mol. The number of hydrogen-bond acceptors (Lipinski definition) is 10. The Labute approximate surface area is 206 Å². The molecule has 2 aromatic carbocycles. The van der Waals surface area contributed by atoms with Gasteiger partial charge in [-0.15, -0.1) is 10.2 Å². The number of azo groups is 1. The van der Waals surface area contributed by atoms with E-state index in [1.54, 1.807) is 12.1 Å². The molecule has 0 atom stereocenters. The molecule has 3 aromatic rings. The number of hydrogen-bond donors (Lipinski definition) is 3. The number of aromatic nitrogens is 1. The van der Waals surface area contributed by atoms with Crippen LogP contribution < -0.4 is 35.1 Å². The molecule has 0 aliphatic carbocycles. The average Bonchev–Trinajstić information content (AvgIpc) is 2.61. The third-order valence-corrected chi connectivity index (χ3v) is 4.47. The largest absolute Gasteiger partial charge is 1.00 e. The maximum Gasteiger partial charge on any atom is 1.00 e. The smallest absolute Gasteiger partial charge is 0.744 e. The summed E-state index contributed by atoms with van der Waals surface area (Å²) >= 11 is 0. The first-order valence-corrected chi connectivity index (χ1v) is 8.73. The third-order valence-electron chi connectivity index (χ3n) is 3.66. The number of aromatic amines is 1. The molecule has 0 aliphatic heterocycles. The minimum atomic E-state index is -5.11. The molecule has 1 aromatic heterocycles. The van der Waals surface area contributed by atoms with Crippen molar-refractivity contribution in [1.29, 1.82) is 0 Å². The second kappa shape index (κ2) is 10.8. The molecule has 13 nitrogen and oxygen atoms in total. The predicted octanol–water partition coefficient (Wildman–Crippen LogP) is -1.66. The van der Waals surface area contributed by atoms with E-state index in [-0.39, 0.29) is 57.8 Å². The first-order chi connectivity index (χ1) is 13.1. The van der Waals surface area contributed by atoms with E-state index in [9.17, 15) is 38.1 Å². The molecule has 1 heterocycles. The summed E-state index contributed by atoms with van der Waals surface area (Å²) in [5.41, 5.74) is -2.99. The van der Waals surface area contributed by atoms with Crippen LogP contribution in [-0.4, -0.2) is 38.6 Å². The molecule has 0 amide bonds. The van der Waals surface area contributed by atoms with Gasteiger partial charge in [0.1, 0.15) is 15.8 Å². The van der Waals surface area contributed by atoms with E-state index in [1.165, 1.54) is 12.1 Å². The molecule has 0 aliphatic rings. The van der Waals surface area contributed by atoms with Crippen LogP contribution in [0.3, 0.4) is 0 Å². The van der Waals surface area contributed by atoms with Gasteiger partial charge < -0.3 is 25.2 Å². The fourth-order valence-electron chi connectivity index (χ4n) is 2.35. The zero-order chi connectivity index (χ0) is 20.6. The number of benzene rings is 2. The number of phenols is 1. The van der Waals surface area contributed by atoms with E-state index in [2.05, 4.69) is 15.2 Å². The summed E-state index contributed by atoms with van der Waals surface area (Å²) < 4.78 is 33.5. The zero-order valence-corrected chi connectivity index (χ0v) is 19.6. The van der Waals surface area contributed by atoms with Crippen molar-refractivity contribution in [3.63, 3.8) is 0 Å². The van der Waals surface area contributed by atoms with Crippen LogP contribution in [0.2, 0.25) is 0 Å². The maximum atomic E-state index is 12.1. The number of fused-ring (bicyclic) bond motifs is 1.